The fourth-order valence-electron chi connectivity index (χ4n) is 8.82. The zero-order valence-electron chi connectivity index (χ0n) is 29.0. The van der Waals surface area contributed by atoms with Crippen molar-refractivity contribution in [3.05, 3.63) is 116 Å². The minimum Gasteiger partial charge on any atom is -0.394 e. The molecule has 4 heterocycles. The van der Waals surface area contributed by atoms with Crippen LogP contribution in [0, 0.1) is 17.8 Å². The number of aliphatic hydroxyl groups is 1. The van der Waals surface area contributed by atoms with Gasteiger partial charge >= 0.3 is 0 Å². The van der Waals surface area contributed by atoms with E-state index in [9.17, 15) is 9.90 Å². The van der Waals surface area contributed by atoms with Crippen molar-refractivity contribution in [2.75, 3.05) is 24.6 Å². The number of aliphatic hydroxyl groups excluding tert-OH is 1. The lowest BCUT2D eigenvalue weighted by atomic mass is 9.62. The van der Waals surface area contributed by atoms with E-state index in [1.165, 1.54) is 4.90 Å². The van der Waals surface area contributed by atoms with E-state index in [-0.39, 0.29) is 50.0 Å². The van der Waals surface area contributed by atoms with E-state index in [0.29, 0.717) is 24.0 Å². The third kappa shape index (κ3) is 5.55. The molecule has 3 aliphatic rings. The Kier molecular flexibility index (Phi) is 9.11. The summed E-state index contributed by atoms with van der Waals surface area (Å²) >= 11 is 0. The molecule has 3 amide bonds. The summed E-state index contributed by atoms with van der Waals surface area (Å²) < 4.78 is 8.72. The number of para-hydroxylation sites is 2. The quantitative estimate of drug-likeness (QED) is 0.209. The second-order valence-corrected chi connectivity index (χ2v) is 14.1. The zero-order valence-corrected chi connectivity index (χ0v) is 29.0. The van der Waals surface area contributed by atoms with Crippen molar-refractivity contribution >= 4 is 34.4 Å². The fourth-order valence-corrected chi connectivity index (χ4v) is 8.82. The predicted molar refractivity (Wildman–Crippen MR) is 193 cm³/mol. The molecule has 51 heavy (non-hydrogen) atoms. The van der Waals surface area contributed by atoms with E-state index in [1.807, 2.05) is 98.8 Å². The highest BCUT2D eigenvalue weighted by atomic mass is 16.5. The van der Waals surface area contributed by atoms with E-state index >= 15 is 9.59 Å². The molecular weight excluding hydrogens is 644 g/mol. The first-order valence-corrected chi connectivity index (χ1v) is 17.5. The minimum absolute atomic E-state index is 0.0451. The van der Waals surface area contributed by atoms with Gasteiger partial charge in [0.2, 0.25) is 17.7 Å². The van der Waals surface area contributed by atoms with Crippen LogP contribution in [0.25, 0.3) is 11.0 Å². The number of ether oxygens (including phenoxy) is 1. The normalized spacial score (nSPS) is 27.0. The Hall–Kier alpha value is -5.13. The molecule has 264 valence electrons. The number of fused-ring (bicyclic) bond motifs is 2. The van der Waals surface area contributed by atoms with Crippen molar-refractivity contribution < 1.29 is 24.2 Å². The number of hydrogen-bond acceptors (Lipinski definition) is 7. The molecule has 3 fully saturated rings. The van der Waals surface area contributed by atoms with Crippen molar-refractivity contribution in [1.29, 1.82) is 0 Å². The molecule has 0 saturated carbocycles. The molecule has 11 heteroatoms. The average Bonchev–Trinajstić information content (AvgIpc) is 3.82. The Morgan fingerprint density at radius 1 is 1.00 bits per heavy atom. The number of benzene rings is 3. The summed E-state index contributed by atoms with van der Waals surface area (Å²) in [7, 11) is 0. The maximum absolute atomic E-state index is 15.2. The molecule has 4 aromatic rings. The van der Waals surface area contributed by atoms with Gasteiger partial charge in [-0.1, -0.05) is 85.0 Å². The topological polar surface area (TPSA) is 121 Å². The number of hydrogen-bond donors (Lipinski definition) is 1. The van der Waals surface area contributed by atoms with Crippen molar-refractivity contribution in [3.63, 3.8) is 0 Å². The highest BCUT2D eigenvalue weighted by molar-refractivity contribution is 6.03. The van der Waals surface area contributed by atoms with Gasteiger partial charge < -0.3 is 24.5 Å². The summed E-state index contributed by atoms with van der Waals surface area (Å²) in [4.78, 5) is 50.1. The molecule has 7 rings (SSSR count). The number of rotatable bonds is 13. The van der Waals surface area contributed by atoms with Gasteiger partial charge in [-0.3, -0.25) is 14.4 Å². The fraction of sp³-hybridized carbons (Fsp3) is 0.375. The lowest BCUT2D eigenvalue weighted by molar-refractivity contribution is -0.156. The third-order valence-corrected chi connectivity index (χ3v) is 11.2. The number of carbonyl (C=O) groups is 3. The van der Waals surface area contributed by atoms with Crippen LogP contribution in [0.4, 0.5) is 5.69 Å². The van der Waals surface area contributed by atoms with Gasteiger partial charge in [-0.2, -0.15) is 0 Å². The SMILES string of the molecule is C=CCN(Cn1nnc2ccccc21)C(=O)C1N([C@@H](CO)Cc2ccccc2)C(=O)[C@@H]2[C@@H](C(=O)N(CC=C)c3ccccc3)[C@]3(C)OC12CC3C. The lowest BCUT2D eigenvalue weighted by Gasteiger charge is -2.39. The number of likely N-dealkylation sites (tertiary alicyclic amines) is 1. The molecule has 1 aromatic heterocycles. The van der Waals surface area contributed by atoms with Gasteiger partial charge in [-0.15, -0.1) is 18.3 Å². The van der Waals surface area contributed by atoms with Crippen LogP contribution in [0.2, 0.25) is 0 Å². The number of aromatic nitrogens is 3. The second-order valence-electron chi connectivity index (χ2n) is 14.1. The van der Waals surface area contributed by atoms with Gasteiger partial charge in [0.1, 0.15) is 23.8 Å². The predicted octanol–water partition coefficient (Wildman–Crippen LogP) is 4.24. The summed E-state index contributed by atoms with van der Waals surface area (Å²) in [6, 6.07) is 24.5. The molecule has 1 N–H and O–H groups in total. The van der Waals surface area contributed by atoms with Crippen molar-refractivity contribution in [2.24, 2.45) is 17.8 Å². The van der Waals surface area contributed by atoms with Crippen LogP contribution < -0.4 is 4.90 Å². The number of nitrogens with zero attached hydrogens (tertiary/aromatic N) is 6. The van der Waals surface area contributed by atoms with Crippen LogP contribution in [0.15, 0.2) is 110 Å². The molecular formula is C40H44N6O5. The Labute approximate surface area is 297 Å². The number of anilines is 1. The van der Waals surface area contributed by atoms with Crippen LogP contribution >= 0.6 is 0 Å². The number of carbonyl (C=O) groups excluding carboxylic acids is 3. The lowest BCUT2D eigenvalue weighted by Crippen LogP contribution is -2.59. The van der Waals surface area contributed by atoms with Crippen LogP contribution in [-0.4, -0.2) is 90.6 Å². The summed E-state index contributed by atoms with van der Waals surface area (Å²) in [5.41, 5.74) is 0.663. The summed E-state index contributed by atoms with van der Waals surface area (Å²) in [6.45, 7) is 11.8. The molecule has 2 bridgehead atoms. The van der Waals surface area contributed by atoms with Crippen molar-refractivity contribution in [3.8, 4) is 0 Å². The average molecular weight is 689 g/mol. The molecule has 0 radical (unpaired) electrons. The first-order valence-electron chi connectivity index (χ1n) is 17.5. The Bertz CT molecular complexity index is 1950. The highest BCUT2D eigenvalue weighted by Crippen LogP contribution is 2.66. The van der Waals surface area contributed by atoms with Gasteiger partial charge in [0.05, 0.1) is 35.6 Å². The highest BCUT2D eigenvalue weighted by Gasteiger charge is 2.80. The van der Waals surface area contributed by atoms with Gasteiger partial charge in [0.25, 0.3) is 0 Å². The van der Waals surface area contributed by atoms with Crippen LogP contribution in [0.1, 0.15) is 25.8 Å². The molecule has 1 spiro atoms. The van der Waals surface area contributed by atoms with E-state index in [4.69, 9.17) is 4.74 Å². The summed E-state index contributed by atoms with van der Waals surface area (Å²) in [5, 5.41) is 19.6. The molecule has 3 aliphatic heterocycles. The minimum atomic E-state index is -1.33. The Morgan fingerprint density at radius 2 is 1.67 bits per heavy atom. The molecule has 3 saturated heterocycles. The Balaban J connectivity index is 1.34. The first kappa shape index (κ1) is 34.3. The van der Waals surface area contributed by atoms with Crippen LogP contribution in [-0.2, 0) is 32.2 Å². The van der Waals surface area contributed by atoms with E-state index in [2.05, 4.69) is 23.5 Å². The van der Waals surface area contributed by atoms with E-state index < -0.39 is 35.1 Å². The molecule has 3 aromatic carbocycles. The van der Waals surface area contributed by atoms with Crippen molar-refractivity contribution in [1.82, 2.24) is 24.8 Å². The monoisotopic (exact) mass is 688 g/mol. The van der Waals surface area contributed by atoms with Crippen LogP contribution in [0.5, 0.6) is 0 Å². The molecule has 11 nitrogen and oxygen atoms in total. The van der Waals surface area contributed by atoms with Gasteiger partial charge in [-0.25, -0.2) is 4.68 Å². The second kappa shape index (κ2) is 13.5. The third-order valence-electron chi connectivity index (χ3n) is 11.2. The van der Waals surface area contributed by atoms with Crippen LogP contribution in [0.3, 0.4) is 0 Å². The van der Waals surface area contributed by atoms with Gasteiger partial charge in [0.15, 0.2) is 0 Å². The summed E-state index contributed by atoms with van der Waals surface area (Å²) in [5.74, 6) is -3.01. The first-order chi connectivity index (χ1) is 24.7. The molecule has 7 atom stereocenters. The van der Waals surface area contributed by atoms with E-state index in [0.717, 1.165) is 11.1 Å². The van der Waals surface area contributed by atoms with Gasteiger partial charge in [-0.05, 0) is 55.5 Å². The standard InChI is InChI=1S/C40H44N6O5/c1-5-21-43(26-45-32-20-14-13-19-31(32)41-42-45)38(50)35-40-24-27(3)39(4,51-40)33(36(48)44(22-6-2)29-17-11-8-12-18-29)34(40)37(49)46(35)30(25-47)23-28-15-9-7-10-16-28/h5-20,27,30,33-35,47H,1-2,21-26H2,3-4H3/t27?,30-,33+,34+,35?,39-,40?/m1/s1. The molecule has 3 unspecified atom stereocenters. The van der Waals surface area contributed by atoms with Crippen molar-refractivity contribution in [2.45, 2.75) is 56.6 Å². The zero-order chi connectivity index (χ0) is 35.9. The number of amides is 3. The van der Waals surface area contributed by atoms with Gasteiger partial charge in [0, 0.05) is 18.8 Å². The summed E-state index contributed by atoms with van der Waals surface area (Å²) in [6.07, 6.45) is 4.00. The largest absolute Gasteiger partial charge is 0.394 e. The Morgan fingerprint density at radius 3 is 2.35 bits per heavy atom. The molecule has 0 aliphatic carbocycles. The maximum Gasteiger partial charge on any atom is 0.250 e. The smallest absolute Gasteiger partial charge is 0.250 e. The van der Waals surface area contributed by atoms with E-state index in [1.54, 1.807) is 26.6 Å². The maximum atomic E-state index is 15.2.